The van der Waals surface area contributed by atoms with Crippen LogP contribution in [-0.2, 0) is 16.0 Å². The van der Waals surface area contributed by atoms with Crippen molar-refractivity contribution in [2.45, 2.75) is 45.2 Å². The SMILES string of the molecule is CC(NC(=O)NCCCC(=O)O)C(=O)N1c2ccccc2CC1C. The summed E-state index contributed by atoms with van der Waals surface area (Å²) < 4.78 is 0. The molecule has 0 aromatic heterocycles. The largest absolute Gasteiger partial charge is 0.481 e. The molecule has 0 saturated carbocycles. The van der Waals surface area contributed by atoms with E-state index in [1.807, 2.05) is 31.2 Å². The molecule has 2 unspecified atom stereocenters. The van der Waals surface area contributed by atoms with Crippen LogP contribution in [0.4, 0.5) is 10.5 Å². The smallest absolute Gasteiger partial charge is 0.315 e. The summed E-state index contributed by atoms with van der Waals surface area (Å²) in [5.74, 6) is -1.06. The summed E-state index contributed by atoms with van der Waals surface area (Å²) in [5.41, 5.74) is 2.02. The van der Waals surface area contributed by atoms with Gasteiger partial charge in [-0.3, -0.25) is 9.59 Å². The number of urea groups is 1. The highest BCUT2D eigenvalue weighted by Gasteiger charge is 2.33. The zero-order valence-electron chi connectivity index (χ0n) is 13.9. The third-order valence-electron chi connectivity index (χ3n) is 4.02. The molecule has 0 aliphatic carbocycles. The van der Waals surface area contributed by atoms with Crippen molar-refractivity contribution in [3.05, 3.63) is 29.8 Å². The van der Waals surface area contributed by atoms with Gasteiger partial charge in [0.25, 0.3) is 0 Å². The minimum absolute atomic E-state index is 0.00313. The molecule has 130 valence electrons. The lowest BCUT2D eigenvalue weighted by Gasteiger charge is -2.26. The fraction of sp³-hybridized carbons (Fsp3) is 0.471. The molecule has 2 rings (SSSR count). The third-order valence-corrected chi connectivity index (χ3v) is 4.02. The van der Waals surface area contributed by atoms with Crippen LogP contribution in [0.1, 0.15) is 32.3 Å². The normalized spacial score (nSPS) is 17.1. The standard InChI is InChI=1S/C17H23N3O4/c1-11-10-13-6-3-4-7-14(13)20(11)16(23)12(2)19-17(24)18-9-5-8-15(21)22/h3-4,6-7,11-12H,5,8-10H2,1-2H3,(H,21,22)(H2,18,19,24). The van der Waals surface area contributed by atoms with Gasteiger partial charge in [-0.1, -0.05) is 18.2 Å². The van der Waals surface area contributed by atoms with Crippen molar-refractivity contribution < 1.29 is 19.5 Å². The van der Waals surface area contributed by atoms with Crippen LogP contribution in [0.15, 0.2) is 24.3 Å². The molecule has 0 fully saturated rings. The highest BCUT2D eigenvalue weighted by atomic mass is 16.4. The summed E-state index contributed by atoms with van der Waals surface area (Å²) in [6.45, 7) is 3.88. The van der Waals surface area contributed by atoms with Gasteiger partial charge in [-0.05, 0) is 38.3 Å². The Hall–Kier alpha value is -2.57. The number of anilines is 1. The van der Waals surface area contributed by atoms with E-state index < -0.39 is 18.0 Å². The molecule has 0 spiro atoms. The van der Waals surface area contributed by atoms with Crippen LogP contribution < -0.4 is 15.5 Å². The van der Waals surface area contributed by atoms with E-state index in [-0.39, 0.29) is 24.9 Å². The Bertz CT molecular complexity index is 632. The number of para-hydroxylation sites is 1. The molecule has 7 heteroatoms. The maximum Gasteiger partial charge on any atom is 0.315 e. The van der Waals surface area contributed by atoms with E-state index in [0.29, 0.717) is 6.42 Å². The average Bonchev–Trinajstić information content (AvgIpc) is 2.86. The van der Waals surface area contributed by atoms with Crippen LogP contribution in [0.25, 0.3) is 0 Å². The number of rotatable bonds is 6. The first kappa shape index (κ1) is 17.8. The summed E-state index contributed by atoms with van der Waals surface area (Å²) in [6, 6.07) is 6.68. The minimum atomic E-state index is -0.901. The molecule has 24 heavy (non-hydrogen) atoms. The van der Waals surface area contributed by atoms with Crippen LogP contribution in [0.5, 0.6) is 0 Å². The maximum absolute atomic E-state index is 12.7. The summed E-state index contributed by atoms with van der Waals surface area (Å²) in [4.78, 5) is 36.6. The van der Waals surface area contributed by atoms with Crippen LogP contribution >= 0.6 is 0 Å². The van der Waals surface area contributed by atoms with Gasteiger partial charge in [0, 0.05) is 24.7 Å². The number of aliphatic carboxylic acids is 1. The molecular weight excluding hydrogens is 310 g/mol. The molecule has 0 radical (unpaired) electrons. The first-order valence-corrected chi connectivity index (χ1v) is 8.07. The number of nitrogens with zero attached hydrogens (tertiary/aromatic N) is 1. The van der Waals surface area contributed by atoms with Gasteiger partial charge in [-0.2, -0.15) is 0 Å². The first-order valence-electron chi connectivity index (χ1n) is 8.07. The Kier molecular flexibility index (Phi) is 5.78. The van der Waals surface area contributed by atoms with Gasteiger partial charge in [0.2, 0.25) is 5.91 Å². The lowest BCUT2D eigenvalue weighted by atomic mass is 10.1. The van der Waals surface area contributed by atoms with E-state index >= 15 is 0 Å². The predicted octanol–water partition coefficient (Wildman–Crippen LogP) is 1.52. The number of nitrogens with one attached hydrogen (secondary N) is 2. The van der Waals surface area contributed by atoms with E-state index in [4.69, 9.17) is 5.11 Å². The second-order valence-corrected chi connectivity index (χ2v) is 6.01. The molecule has 3 N–H and O–H groups in total. The number of carbonyl (C=O) groups excluding carboxylic acids is 2. The van der Waals surface area contributed by atoms with Crippen molar-refractivity contribution >= 4 is 23.6 Å². The number of carboxylic acid groups (broad SMARTS) is 1. The minimum Gasteiger partial charge on any atom is -0.481 e. The van der Waals surface area contributed by atoms with Crippen molar-refractivity contribution in [3.8, 4) is 0 Å². The molecular formula is C17H23N3O4. The zero-order valence-corrected chi connectivity index (χ0v) is 13.9. The lowest BCUT2D eigenvalue weighted by molar-refractivity contribution is -0.137. The highest BCUT2D eigenvalue weighted by Crippen LogP contribution is 2.32. The third kappa shape index (κ3) is 4.24. The molecule has 1 aromatic carbocycles. The second kappa shape index (κ2) is 7.81. The molecule has 0 bridgehead atoms. The number of carbonyl (C=O) groups is 3. The van der Waals surface area contributed by atoms with E-state index in [9.17, 15) is 14.4 Å². The first-order chi connectivity index (χ1) is 11.4. The number of amides is 3. The van der Waals surface area contributed by atoms with Gasteiger partial charge in [-0.25, -0.2) is 4.79 Å². The predicted molar refractivity (Wildman–Crippen MR) is 90.0 cm³/mol. The monoisotopic (exact) mass is 333 g/mol. The van der Waals surface area contributed by atoms with E-state index in [1.54, 1.807) is 11.8 Å². The van der Waals surface area contributed by atoms with Crippen molar-refractivity contribution in [1.29, 1.82) is 0 Å². The van der Waals surface area contributed by atoms with Gasteiger partial charge in [0.15, 0.2) is 0 Å². The Morgan fingerprint density at radius 3 is 2.75 bits per heavy atom. The van der Waals surface area contributed by atoms with Gasteiger partial charge in [0.1, 0.15) is 6.04 Å². The van der Waals surface area contributed by atoms with E-state index in [1.165, 1.54) is 0 Å². The van der Waals surface area contributed by atoms with Crippen molar-refractivity contribution in [1.82, 2.24) is 10.6 Å². The Morgan fingerprint density at radius 2 is 2.04 bits per heavy atom. The molecule has 1 heterocycles. The Labute approximate surface area is 141 Å². The highest BCUT2D eigenvalue weighted by molar-refractivity contribution is 6.00. The van der Waals surface area contributed by atoms with Crippen LogP contribution in [0.2, 0.25) is 0 Å². The average molecular weight is 333 g/mol. The molecule has 2 atom stereocenters. The van der Waals surface area contributed by atoms with E-state index in [2.05, 4.69) is 10.6 Å². The topological polar surface area (TPSA) is 98.7 Å². The number of fused-ring (bicyclic) bond motifs is 1. The fourth-order valence-electron chi connectivity index (χ4n) is 2.86. The summed E-state index contributed by atoms with van der Waals surface area (Å²) in [6.07, 6.45) is 1.15. The maximum atomic E-state index is 12.7. The van der Waals surface area contributed by atoms with Crippen LogP contribution in [0.3, 0.4) is 0 Å². The lowest BCUT2D eigenvalue weighted by Crippen LogP contribution is -2.51. The number of hydrogen-bond donors (Lipinski definition) is 3. The summed E-state index contributed by atoms with van der Waals surface area (Å²) in [7, 11) is 0. The molecule has 1 aliphatic heterocycles. The molecule has 0 saturated heterocycles. The zero-order chi connectivity index (χ0) is 17.7. The molecule has 7 nitrogen and oxygen atoms in total. The van der Waals surface area contributed by atoms with Gasteiger partial charge >= 0.3 is 12.0 Å². The fourth-order valence-corrected chi connectivity index (χ4v) is 2.86. The van der Waals surface area contributed by atoms with Gasteiger partial charge in [-0.15, -0.1) is 0 Å². The molecule has 1 aromatic rings. The molecule has 3 amide bonds. The van der Waals surface area contributed by atoms with Crippen LogP contribution in [0, 0.1) is 0 Å². The second-order valence-electron chi connectivity index (χ2n) is 6.01. The Morgan fingerprint density at radius 1 is 1.33 bits per heavy atom. The summed E-state index contributed by atoms with van der Waals surface area (Å²) >= 11 is 0. The van der Waals surface area contributed by atoms with Crippen molar-refractivity contribution in [3.63, 3.8) is 0 Å². The van der Waals surface area contributed by atoms with E-state index in [0.717, 1.165) is 17.7 Å². The Balaban J connectivity index is 1.88. The number of hydrogen-bond acceptors (Lipinski definition) is 3. The molecule has 1 aliphatic rings. The van der Waals surface area contributed by atoms with Crippen LogP contribution in [-0.4, -0.2) is 41.6 Å². The van der Waals surface area contributed by atoms with Gasteiger partial charge in [0.05, 0.1) is 0 Å². The number of benzene rings is 1. The summed E-state index contributed by atoms with van der Waals surface area (Å²) in [5, 5.41) is 13.7. The number of carboxylic acids is 1. The quantitative estimate of drug-likeness (QED) is 0.687. The van der Waals surface area contributed by atoms with Gasteiger partial charge < -0.3 is 20.6 Å². The van der Waals surface area contributed by atoms with Crippen molar-refractivity contribution in [2.75, 3.05) is 11.4 Å². The van der Waals surface area contributed by atoms with Crippen molar-refractivity contribution in [2.24, 2.45) is 0 Å².